The van der Waals surface area contributed by atoms with Gasteiger partial charge >= 0.3 is 17.5 Å². The number of hydrogen-bond acceptors (Lipinski definition) is 8. The number of carbonyl (C=O) groups excluding carboxylic acids is 2. The highest BCUT2D eigenvalue weighted by molar-refractivity contribution is 5.93. The molecular formula is C19H23N5O7. The fourth-order valence-electron chi connectivity index (χ4n) is 4.90. The zero-order valence-corrected chi connectivity index (χ0v) is 17.1. The maximum Gasteiger partial charge on any atom is 0.433 e. The van der Waals surface area contributed by atoms with E-state index in [4.69, 9.17) is 4.42 Å². The average molecular weight is 433 g/mol. The summed E-state index contributed by atoms with van der Waals surface area (Å²) < 4.78 is 5.00. The van der Waals surface area contributed by atoms with E-state index in [9.17, 15) is 29.8 Å². The molecule has 2 aliphatic heterocycles. The molecule has 31 heavy (non-hydrogen) atoms. The Morgan fingerprint density at radius 2 is 1.74 bits per heavy atom. The van der Waals surface area contributed by atoms with Gasteiger partial charge < -0.3 is 19.1 Å². The second kappa shape index (κ2) is 8.00. The van der Waals surface area contributed by atoms with Crippen molar-refractivity contribution >= 4 is 17.7 Å². The van der Waals surface area contributed by atoms with Gasteiger partial charge in [-0.05, 0) is 18.9 Å². The molecule has 0 radical (unpaired) electrons. The van der Waals surface area contributed by atoms with Crippen molar-refractivity contribution in [2.24, 2.45) is 5.92 Å². The van der Waals surface area contributed by atoms with E-state index in [0.717, 1.165) is 31.7 Å². The molecule has 3 heterocycles. The minimum atomic E-state index is -0.710. The second-order valence-corrected chi connectivity index (χ2v) is 8.04. The van der Waals surface area contributed by atoms with Gasteiger partial charge in [-0.1, -0.05) is 12.8 Å². The Kier molecular flexibility index (Phi) is 5.38. The third-order valence-corrected chi connectivity index (χ3v) is 6.42. The van der Waals surface area contributed by atoms with Crippen LogP contribution in [0.3, 0.4) is 0 Å². The quantitative estimate of drug-likeness (QED) is 0.513. The maximum absolute atomic E-state index is 12.8. The summed E-state index contributed by atoms with van der Waals surface area (Å²) in [6.45, 7) is 1.20. The lowest BCUT2D eigenvalue weighted by Crippen LogP contribution is -2.56. The first-order valence-corrected chi connectivity index (χ1v) is 10.2. The normalized spacial score (nSPS) is 24.3. The van der Waals surface area contributed by atoms with Gasteiger partial charge in [0.15, 0.2) is 5.76 Å². The molecule has 1 aromatic heterocycles. The van der Waals surface area contributed by atoms with E-state index in [2.05, 4.69) is 0 Å². The molecule has 1 saturated carbocycles. The van der Waals surface area contributed by atoms with Crippen molar-refractivity contribution in [3.8, 4) is 0 Å². The average Bonchev–Trinajstić information content (AvgIpc) is 3.26. The van der Waals surface area contributed by atoms with Gasteiger partial charge in [-0.2, -0.15) is 0 Å². The zero-order valence-electron chi connectivity index (χ0n) is 17.1. The van der Waals surface area contributed by atoms with E-state index in [0.29, 0.717) is 18.8 Å². The molecule has 2 atom stereocenters. The highest BCUT2D eigenvalue weighted by Gasteiger charge is 2.48. The van der Waals surface area contributed by atoms with Gasteiger partial charge in [0.2, 0.25) is 0 Å². The molecular weight excluding hydrogens is 410 g/mol. The first kappa shape index (κ1) is 20.8. The molecule has 2 amide bonds. The lowest BCUT2D eigenvalue weighted by molar-refractivity contribution is -0.424. The van der Waals surface area contributed by atoms with Gasteiger partial charge in [0.25, 0.3) is 5.91 Å². The number of nitrogens with zero attached hydrogens (tertiary/aromatic N) is 5. The van der Waals surface area contributed by atoms with Gasteiger partial charge in [0, 0.05) is 45.2 Å². The number of likely N-dealkylation sites (N-methyl/N-ethyl adjacent to an activating group) is 1. The van der Waals surface area contributed by atoms with Crippen LogP contribution in [-0.4, -0.2) is 75.6 Å². The number of piperazine rings is 1. The Bertz CT molecular complexity index is 963. The highest BCUT2D eigenvalue weighted by atomic mass is 16.6. The minimum Gasteiger partial charge on any atom is -0.395 e. The molecule has 1 saturated heterocycles. The summed E-state index contributed by atoms with van der Waals surface area (Å²) in [6.07, 6.45) is 3.53. The summed E-state index contributed by atoms with van der Waals surface area (Å²) in [5.74, 6) is -1.74. The summed E-state index contributed by atoms with van der Waals surface area (Å²) >= 11 is 0. The lowest BCUT2D eigenvalue weighted by Gasteiger charge is -2.46. The van der Waals surface area contributed by atoms with Crippen molar-refractivity contribution in [3.05, 3.63) is 49.5 Å². The number of carbonyl (C=O) groups is 2. The van der Waals surface area contributed by atoms with Crippen LogP contribution in [0, 0.1) is 26.1 Å². The smallest absolute Gasteiger partial charge is 0.395 e. The van der Waals surface area contributed by atoms with Crippen molar-refractivity contribution in [1.29, 1.82) is 0 Å². The Morgan fingerprint density at radius 1 is 1.06 bits per heavy atom. The lowest BCUT2D eigenvalue weighted by atomic mass is 9.78. The van der Waals surface area contributed by atoms with Gasteiger partial charge in [0.05, 0.1) is 11.0 Å². The maximum atomic E-state index is 12.8. The van der Waals surface area contributed by atoms with Crippen LogP contribution in [0.1, 0.15) is 36.2 Å². The molecule has 12 nitrogen and oxygen atoms in total. The van der Waals surface area contributed by atoms with Crippen LogP contribution < -0.4 is 0 Å². The molecule has 2 unspecified atom stereocenters. The summed E-state index contributed by atoms with van der Waals surface area (Å²) in [5.41, 5.74) is 0.116. The van der Waals surface area contributed by atoms with Crippen molar-refractivity contribution in [1.82, 2.24) is 14.7 Å². The van der Waals surface area contributed by atoms with E-state index in [1.165, 1.54) is 15.9 Å². The van der Waals surface area contributed by atoms with Gasteiger partial charge in [-0.25, -0.2) is 0 Å². The molecule has 1 aromatic rings. The Labute approximate surface area is 177 Å². The third-order valence-electron chi connectivity index (χ3n) is 6.42. The molecule has 166 valence electrons. The molecule has 0 bridgehead atoms. The molecule has 2 fully saturated rings. The molecule has 0 aromatic carbocycles. The summed E-state index contributed by atoms with van der Waals surface area (Å²) in [4.78, 5) is 51.5. The standard InChI is InChI=1S/C19H23N5O7/c1-20-13-5-3-2-4-12(13)16(17(19(20)26)24(29)30)21-8-10-22(11-9-21)18(25)14-6-7-15(31-14)23(27)28/h6-7,12-13H,2-5,8-11H2,1H3. The number of amides is 2. The fourth-order valence-corrected chi connectivity index (χ4v) is 4.90. The molecule has 12 heteroatoms. The molecule has 4 rings (SSSR count). The number of nitro groups is 2. The second-order valence-electron chi connectivity index (χ2n) is 8.04. The largest absolute Gasteiger partial charge is 0.433 e. The predicted molar refractivity (Wildman–Crippen MR) is 105 cm³/mol. The molecule has 0 spiro atoms. The molecule has 3 aliphatic rings. The topological polar surface area (TPSA) is 143 Å². The molecule has 1 aliphatic carbocycles. The zero-order chi connectivity index (χ0) is 22.3. The van der Waals surface area contributed by atoms with E-state index in [1.807, 2.05) is 4.90 Å². The molecule has 0 N–H and O–H groups in total. The predicted octanol–water partition coefficient (Wildman–Crippen LogP) is 1.46. The third kappa shape index (κ3) is 3.62. The number of furan rings is 1. The monoisotopic (exact) mass is 433 g/mol. The van der Waals surface area contributed by atoms with Crippen molar-refractivity contribution < 1.29 is 23.9 Å². The summed E-state index contributed by atoms with van der Waals surface area (Å²) in [5, 5.41) is 22.6. The van der Waals surface area contributed by atoms with Crippen LogP contribution >= 0.6 is 0 Å². The van der Waals surface area contributed by atoms with Gasteiger partial charge in [0.1, 0.15) is 10.6 Å². The fraction of sp³-hybridized carbons (Fsp3) is 0.579. The minimum absolute atomic E-state index is 0.0525. The summed E-state index contributed by atoms with van der Waals surface area (Å²) in [7, 11) is 1.63. The van der Waals surface area contributed by atoms with Crippen LogP contribution in [0.2, 0.25) is 0 Å². The number of rotatable bonds is 4. The Morgan fingerprint density at radius 3 is 2.35 bits per heavy atom. The number of fused-ring (bicyclic) bond motifs is 1. The Balaban J connectivity index is 1.54. The van der Waals surface area contributed by atoms with Crippen LogP contribution in [0.25, 0.3) is 0 Å². The van der Waals surface area contributed by atoms with Gasteiger partial charge in [-0.3, -0.25) is 29.8 Å². The first-order valence-electron chi connectivity index (χ1n) is 10.2. The highest BCUT2D eigenvalue weighted by Crippen LogP contribution is 2.40. The van der Waals surface area contributed by atoms with Crippen molar-refractivity contribution in [2.45, 2.75) is 31.7 Å². The SMILES string of the molecule is CN1C(=O)C([N+](=O)[O-])=C(N2CCN(C(=O)c3ccc([N+](=O)[O-])o3)CC2)C2CCCCC21. The van der Waals surface area contributed by atoms with Crippen molar-refractivity contribution in [3.63, 3.8) is 0 Å². The van der Waals surface area contributed by atoms with Crippen LogP contribution in [-0.2, 0) is 4.79 Å². The van der Waals surface area contributed by atoms with Crippen LogP contribution in [0.5, 0.6) is 0 Å². The van der Waals surface area contributed by atoms with Gasteiger partial charge in [-0.15, -0.1) is 0 Å². The Hall–Kier alpha value is -3.44. The van der Waals surface area contributed by atoms with Crippen LogP contribution in [0.15, 0.2) is 27.9 Å². The number of hydrogen-bond donors (Lipinski definition) is 0. The van der Waals surface area contributed by atoms with Crippen molar-refractivity contribution in [2.75, 3.05) is 33.2 Å². The van der Waals surface area contributed by atoms with E-state index >= 15 is 0 Å². The van der Waals surface area contributed by atoms with E-state index in [-0.39, 0.29) is 36.5 Å². The van der Waals surface area contributed by atoms with E-state index in [1.54, 1.807) is 7.05 Å². The summed E-state index contributed by atoms with van der Waals surface area (Å²) in [6, 6.07) is 2.34. The van der Waals surface area contributed by atoms with Crippen LogP contribution in [0.4, 0.5) is 5.88 Å². The first-order chi connectivity index (χ1) is 14.8. The van der Waals surface area contributed by atoms with E-state index < -0.39 is 27.5 Å².